The van der Waals surface area contributed by atoms with Crippen LogP contribution in [0.15, 0.2) is 30.6 Å². The molecule has 0 bridgehead atoms. The lowest BCUT2D eigenvalue weighted by Crippen LogP contribution is -2.32. The van der Waals surface area contributed by atoms with Crippen molar-refractivity contribution in [3.05, 3.63) is 36.2 Å². The average molecular weight is 273 g/mol. The Labute approximate surface area is 118 Å². The monoisotopic (exact) mass is 273 g/mol. The highest BCUT2D eigenvalue weighted by atomic mass is 16.2. The largest absolute Gasteiger partial charge is 0.339 e. The third-order valence-corrected chi connectivity index (χ3v) is 3.18. The molecule has 0 fully saturated rings. The summed E-state index contributed by atoms with van der Waals surface area (Å²) in [6, 6.07) is 7.38. The number of amides is 1. The van der Waals surface area contributed by atoms with Gasteiger partial charge in [0.2, 0.25) is 0 Å². The van der Waals surface area contributed by atoms with Crippen LogP contribution in [0.1, 0.15) is 37.0 Å². The molecule has 6 nitrogen and oxygen atoms in total. The topological polar surface area (TPSA) is 63.9 Å². The number of para-hydroxylation sites is 1. The van der Waals surface area contributed by atoms with Crippen molar-refractivity contribution in [2.45, 2.75) is 26.7 Å². The molecule has 6 heteroatoms. The van der Waals surface area contributed by atoms with Gasteiger partial charge in [-0.05, 0) is 35.9 Å². The van der Waals surface area contributed by atoms with E-state index >= 15 is 0 Å². The predicted molar refractivity (Wildman–Crippen MR) is 75.6 cm³/mol. The highest BCUT2D eigenvalue weighted by molar-refractivity contribution is 5.97. The van der Waals surface area contributed by atoms with Crippen molar-refractivity contribution >= 4 is 5.91 Å². The van der Waals surface area contributed by atoms with Crippen molar-refractivity contribution in [1.29, 1.82) is 0 Å². The van der Waals surface area contributed by atoms with E-state index in [1.165, 1.54) is 11.0 Å². The molecule has 2 rings (SSSR count). The third kappa shape index (κ3) is 3.01. The minimum atomic E-state index is 0.0204. The van der Waals surface area contributed by atoms with Crippen molar-refractivity contribution in [2.24, 2.45) is 0 Å². The Morgan fingerprint density at radius 2 is 2.10 bits per heavy atom. The summed E-state index contributed by atoms with van der Waals surface area (Å²) in [6.45, 7) is 5.58. The Morgan fingerprint density at radius 1 is 1.30 bits per heavy atom. The summed E-state index contributed by atoms with van der Waals surface area (Å²) in [6.07, 6.45) is 3.57. The second-order valence-corrected chi connectivity index (χ2v) is 4.51. The van der Waals surface area contributed by atoms with Gasteiger partial charge in [-0.2, -0.15) is 4.68 Å². The van der Waals surface area contributed by atoms with E-state index in [-0.39, 0.29) is 5.91 Å². The predicted octanol–water partition coefficient (Wildman–Crippen LogP) is 1.92. The molecule has 1 amide bonds. The van der Waals surface area contributed by atoms with Crippen LogP contribution in [-0.2, 0) is 0 Å². The molecular weight excluding hydrogens is 254 g/mol. The number of rotatable bonds is 6. The highest BCUT2D eigenvalue weighted by Crippen LogP contribution is 2.15. The molecule has 0 atom stereocenters. The van der Waals surface area contributed by atoms with Gasteiger partial charge in [0.05, 0.1) is 11.3 Å². The fourth-order valence-corrected chi connectivity index (χ4v) is 2.05. The Morgan fingerprint density at radius 3 is 2.75 bits per heavy atom. The molecule has 0 N–H and O–H groups in total. The van der Waals surface area contributed by atoms with Crippen LogP contribution in [0.5, 0.6) is 0 Å². The van der Waals surface area contributed by atoms with Crippen LogP contribution in [0.25, 0.3) is 5.69 Å². The first kappa shape index (κ1) is 14.2. The molecule has 0 unspecified atom stereocenters. The average Bonchev–Trinajstić information content (AvgIpc) is 3.02. The van der Waals surface area contributed by atoms with Crippen molar-refractivity contribution < 1.29 is 4.79 Å². The van der Waals surface area contributed by atoms with Crippen molar-refractivity contribution in [1.82, 2.24) is 25.1 Å². The minimum absolute atomic E-state index is 0.0204. The zero-order valence-corrected chi connectivity index (χ0v) is 11.9. The first-order valence-corrected chi connectivity index (χ1v) is 6.89. The smallest absolute Gasteiger partial charge is 0.256 e. The molecule has 1 aromatic heterocycles. The Bertz CT molecular complexity index is 552. The first-order chi connectivity index (χ1) is 9.77. The van der Waals surface area contributed by atoms with Gasteiger partial charge in [-0.25, -0.2) is 0 Å². The van der Waals surface area contributed by atoms with Gasteiger partial charge in [-0.1, -0.05) is 25.5 Å². The number of carbonyl (C=O) groups is 1. The number of tetrazole rings is 1. The van der Waals surface area contributed by atoms with Gasteiger partial charge in [0.25, 0.3) is 5.91 Å². The Balaban J connectivity index is 2.30. The third-order valence-electron chi connectivity index (χ3n) is 3.18. The zero-order valence-electron chi connectivity index (χ0n) is 11.9. The second kappa shape index (κ2) is 6.79. The number of hydrogen-bond donors (Lipinski definition) is 0. The van der Waals surface area contributed by atoms with E-state index < -0.39 is 0 Å². The molecule has 0 aliphatic carbocycles. The summed E-state index contributed by atoms with van der Waals surface area (Å²) in [4.78, 5) is 14.5. The van der Waals surface area contributed by atoms with E-state index in [2.05, 4.69) is 22.4 Å². The molecular formula is C14H19N5O. The lowest BCUT2D eigenvalue weighted by atomic mass is 10.1. The molecule has 0 aliphatic heterocycles. The summed E-state index contributed by atoms with van der Waals surface area (Å²) < 4.78 is 1.51. The highest BCUT2D eigenvalue weighted by Gasteiger charge is 2.18. The first-order valence-electron chi connectivity index (χ1n) is 6.89. The van der Waals surface area contributed by atoms with Crippen molar-refractivity contribution in [3.8, 4) is 5.69 Å². The van der Waals surface area contributed by atoms with E-state index in [1.54, 1.807) is 0 Å². The van der Waals surface area contributed by atoms with Crippen molar-refractivity contribution in [2.75, 3.05) is 13.1 Å². The normalized spacial score (nSPS) is 10.5. The number of nitrogens with zero attached hydrogens (tertiary/aromatic N) is 5. The van der Waals surface area contributed by atoms with Crippen LogP contribution in [-0.4, -0.2) is 44.1 Å². The van der Waals surface area contributed by atoms with Gasteiger partial charge >= 0.3 is 0 Å². The number of benzene rings is 1. The van der Waals surface area contributed by atoms with Crippen LogP contribution in [0.2, 0.25) is 0 Å². The molecule has 20 heavy (non-hydrogen) atoms. The number of aromatic nitrogens is 4. The van der Waals surface area contributed by atoms with Gasteiger partial charge in [0, 0.05) is 13.1 Å². The molecule has 0 spiro atoms. The molecule has 106 valence electrons. The van der Waals surface area contributed by atoms with E-state index in [4.69, 9.17) is 0 Å². The molecule has 0 saturated heterocycles. The quantitative estimate of drug-likeness (QED) is 0.806. The van der Waals surface area contributed by atoms with Crippen LogP contribution in [0.3, 0.4) is 0 Å². The fraction of sp³-hybridized carbons (Fsp3) is 0.429. The Kier molecular flexibility index (Phi) is 4.81. The summed E-state index contributed by atoms with van der Waals surface area (Å²) in [5, 5.41) is 11.1. The summed E-state index contributed by atoms with van der Waals surface area (Å²) in [5.74, 6) is 0.0204. The molecule has 1 aromatic carbocycles. The molecule has 2 aromatic rings. The van der Waals surface area contributed by atoms with Crippen LogP contribution in [0, 0.1) is 0 Å². The van der Waals surface area contributed by atoms with Gasteiger partial charge in [0.1, 0.15) is 6.33 Å². The van der Waals surface area contributed by atoms with Crippen LogP contribution < -0.4 is 0 Å². The summed E-state index contributed by atoms with van der Waals surface area (Å²) in [5.41, 5.74) is 1.33. The van der Waals surface area contributed by atoms with Gasteiger partial charge < -0.3 is 4.90 Å². The van der Waals surface area contributed by atoms with Gasteiger partial charge in [-0.15, -0.1) is 5.10 Å². The lowest BCUT2D eigenvalue weighted by Gasteiger charge is -2.21. The standard InChI is InChI=1S/C14H19N5O/c1-3-5-10-18(4-2)14(20)12-8-6-7-9-13(12)19-11-15-16-17-19/h6-9,11H,3-5,10H2,1-2H3. The molecule has 0 radical (unpaired) electrons. The van der Waals surface area contributed by atoms with Crippen molar-refractivity contribution in [3.63, 3.8) is 0 Å². The van der Waals surface area contributed by atoms with Crippen LogP contribution >= 0.6 is 0 Å². The lowest BCUT2D eigenvalue weighted by molar-refractivity contribution is 0.0762. The number of hydrogen-bond acceptors (Lipinski definition) is 4. The second-order valence-electron chi connectivity index (χ2n) is 4.51. The van der Waals surface area contributed by atoms with Crippen LogP contribution in [0.4, 0.5) is 0 Å². The molecule has 0 aliphatic rings. The summed E-state index contributed by atoms with van der Waals surface area (Å²) in [7, 11) is 0. The maximum atomic E-state index is 12.6. The van der Waals surface area contributed by atoms with E-state index in [0.29, 0.717) is 17.8 Å². The number of unbranched alkanes of at least 4 members (excludes halogenated alkanes) is 1. The van der Waals surface area contributed by atoms with E-state index in [1.807, 2.05) is 36.1 Å². The van der Waals surface area contributed by atoms with E-state index in [9.17, 15) is 4.79 Å². The van der Waals surface area contributed by atoms with Gasteiger partial charge in [0.15, 0.2) is 0 Å². The summed E-state index contributed by atoms with van der Waals surface area (Å²) >= 11 is 0. The zero-order chi connectivity index (χ0) is 14.4. The van der Waals surface area contributed by atoms with E-state index in [0.717, 1.165) is 19.4 Å². The Hall–Kier alpha value is -2.24. The SMILES string of the molecule is CCCCN(CC)C(=O)c1ccccc1-n1cnnn1. The minimum Gasteiger partial charge on any atom is -0.339 e. The molecule has 0 saturated carbocycles. The fourth-order valence-electron chi connectivity index (χ4n) is 2.05. The maximum absolute atomic E-state index is 12.6. The maximum Gasteiger partial charge on any atom is 0.256 e. The number of carbonyl (C=O) groups excluding carboxylic acids is 1. The van der Waals surface area contributed by atoms with Gasteiger partial charge in [-0.3, -0.25) is 4.79 Å². The molecule has 1 heterocycles.